The van der Waals surface area contributed by atoms with Gasteiger partial charge in [-0.2, -0.15) is 0 Å². The van der Waals surface area contributed by atoms with Crippen molar-refractivity contribution in [3.63, 3.8) is 0 Å². The number of hydrogen-bond acceptors (Lipinski definition) is 12. The number of halogens is 4. The van der Waals surface area contributed by atoms with Crippen molar-refractivity contribution in [2.24, 2.45) is 23.7 Å². The Hall–Kier alpha value is -4.12. The summed E-state index contributed by atoms with van der Waals surface area (Å²) in [5.41, 5.74) is 5.53. The van der Waals surface area contributed by atoms with Gasteiger partial charge in [-0.05, 0) is 257 Å². The Balaban J connectivity index is 0.854. The predicted molar refractivity (Wildman–Crippen MR) is 248 cm³/mol. The van der Waals surface area contributed by atoms with E-state index in [-0.39, 0.29) is 45.7 Å². The first-order chi connectivity index (χ1) is 31.0. The van der Waals surface area contributed by atoms with Gasteiger partial charge in [0.1, 0.15) is 23.0 Å². The summed E-state index contributed by atoms with van der Waals surface area (Å²) in [7, 11) is 0. The molecule has 4 aromatic carbocycles. The first kappa shape index (κ1) is 40.2. The molecule has 8 aliphatic carbocycles. The quantitative estimate of drug-likeness (QED) is 0.143. The second kappa shape index (κ2) is 14.7. The smallest absolute Gasteiger partial charge is 0.360 e. The van der Waals surface area contributed by atoms with Gasteiger partial charge in [0.25, 0.3) is 0 Å². The first-order valence-corrected chi connectivity index (χ1v) is 25.2. The van der Waals surface area contributed by atoms with E-state index in [2.05, 4.69) is 153 Å². The van der Waals surface area contributed by atoms with Crippen LogP contribution in [0.25, 0.3) is 0 Å². The maximum atomic E-state index is 6.15. The lowest BCUT2D eigenvalue weighted by Crippen LogP contribution is -2.55. The monoisotopic (exact) mass is 1110 g/mol. The molecule has 6 aromatic rings. The SMILES string of the molecule is Brc1cc2ccc1Oc1nnc(nn1)Oc1ccc(cc1Br)C13CC4CC(C1)CC(C4)(C3)c1ccc(c(Br)c1)Oc1nnc(nn1)Oc1ccc(cc1Br)C13CC4CC(CC2(C4)C1)C3. The number of ether oxygens (including phenoxy) is 4. The third-order valence-electron chi connectivity index (χ3n) is 16.0. The normalized spacial score (nSPS) is 31.4. The average Bonchev–Trinajstić information content (AvgIpc) is 3.26. The van der Waals surface area contributed by atoms with Crippen LogP contribution in [-0.4, -0.2) is 40.8 Å². The Labute approximate surface area is 403 Å². The molecule has 2 aromatic heterocycles. The summed E-state index contributed by atoms with van der Waals surface area (Å²) in [5.74, 6) is 5.02. The molecule has 8 saturated carbocycles. The van der Waals surface area contributed by atoms with E-state index in [1.54, 1.807) is 0 Å². The van der Waals surface area contributed by atoms with Gasteiger partial charge >= 0.3 is 24.0 Å². The lowest BCUT2D eigenvalue weighted by molar-refractivity contribution is -0.0283. The topological polar surface area (TPSA) is 140 Å². The minimum Gasteiger partial charge on any atom is -0.421 e. The molecule has 12 nitrogen and oxygen atoms in total. The van der Waals surface area contributed by atoms with E-state index in [9.17, 15) is 0 Å². The summed E-state index contributed by atoms with van der Waals surface area (Å²) in [6.07, 6.45) is 14.2. The second-order valence-corrected chi connectivity index (χ2v) is 23.4. The van der Waals surface area contributed by atoms with Gasteiger partial charge in [0, 0.05) is 0 Å². The lowest BCUT2D eigenvalue weighted by atomic mass is 9.41. The van der Waals surface area contributed by atoms with Crippen LogP contribution < -0.4 is 18.9 Å². The molecule has 0 radical (unpaired) electrons. The Bertz CT molecular complexity index is 2480. The molecule has 24 aliphatic rings. The molecule has 16 heteroatoms. The number of nitrogens with zero attached hydrogens (tertiary/aromatic N) is 8. The zero-order valence-corrected chi connectivity index (χ0v) is 40.8. The molecule has 30 rings (SSSR count). The molecule has 0 unspecified atom stereocenters. The summed E-state index contributed by atoms with van der Waals surface area (Å²) in [6.45, 7) is 0. The molecular formula is C48H40Br4N8O4. The maximum Gasteiger partial charge on any atom is 0.360 e. The van der Waals surface area contributed by atoms with Crippen LogP contribution >= 0.6 is 63.7 Å². The van der Waals surface area contributed by atoms with Gasteiger partial charge in [0.15, 0.2) is 0 Å². The van der Waals surface area contributed by atoms with E-state index >= 15 is 0 Å². The highest BCUT2D eigenvalue weighted by Gasteiger charge is 2.60. The molecule has 324 valence electrons. The number of aromatic nitrogens is 8. The van der Waals surface area contributed by atoms with E-state index in [4.69, 9.17) is 18.9 Å². The van der Waals surface area contributed by atoms with Crippen molar-refractivity contribution in [2.45, 2.75) is 98.7 Å². The molecule has 8 fully saturated rings. The number of hydrogen-bond donors (Lipinski definition) is 0. The van der Waals surface area contributed by atoms with Gasteiger partial charge in [-0.25, -0.2) is 0 Å². The van der Waals surface area contributed by atoms with Crippen LogP contribution in [0, 0.1) is 23.7 Å². The fraction of sp³-hybridized carbons (Fsp3) is 0.417. The van der Waals surface area contributed by atoms with Gasteiger partial charge in [-0.1, -0.05) is 65.1 Å². The third kappa shape index (κ3) is 6.64. The molecule has 16 aliphatic heterocycles. The number of benzene rings is 4. The van der Waals surface area contributed by atoms with Crippen LogP contribution in [0.3, 0.4) is 0 Å². The van der Waals surface area contributed by atoms with Crippen LogP contribution in [0.1, 0.15) is 99.3 Å². The van der Waals surface area contributed by atoms with Gasteiger partial charge in [-0.15, -0.1) is 0 Å². The van der Waals surface area contributed by atoms with E-state index in [1.165, 1.54) is 86.5 Å². The van der Waals surface area contributed by atoms with Crippen molar-refractivity contribution in [1.29, 1.82) is 0 Å². The Kier molecular flexibility index (Phi) is 9.22. The van der Waals surface area contributed by atoms with E-state index < -0.39 is 0 Å². The van der Waals surface area contributed by atoms with Crippen molar-refractivity contribution in [3.05, 3.63) is 113 Å². The zero-order valence-electron chi connectivity index (χ0n) is 34.4. The second-order valence-electron chi connectivity index (χ2n) is 20.0. The Morgan fingerprint density at radius 3 is 0.766 bits per heavy atom. The highest BCUT2D eigenvalue weighted by atomic mass is 79.9. The van der Waals surface area contributed by atoms with Crippen LogP contribution in [-0.2, 0) is 21.7 Å². The summed E-state index contributed by atoms with van der Waals surface area (Å²) in [4.78, 5) is 0. The lowest BCUT2D eigenvalue weighted by Gasteiger charge is -2.63. The largest absolute Gasteiger partial charge is 0.421 e. The van der Waals surface area contributed by atoms with Crippen molar-refractivity contribution in [3.8, 4) is 47.0 Å². The molecular weight excluding hydrogens is 1070 g/mol. The van der Waals surface area contributed by atoms with Crippen molar-refractivity contribution >= 4 is 63.7 Å². The maximum absolute atomic E-state index is 6.15. The van der Waals surface area contributed by atoms with Crippen molar-refractivity contribution in [2.75, 3.05) is 0 Å². The molecule has 18 heterocycles. The standard InChI is InChI=1S/C48H40Br4N8O4/c49-33-11-29-1-5-37(33)61-41-53-55-42(56-54-41)62-39-7-3-31(13-35(39)51)47-19-27-10-28(20-47)22-48(21-27,24-47)32-4-8-40(36(52)14-32)64-44-59-57-43(58-60-44)63-38-6-2-30(12-34(38)50)46-17-25-9-26(18-46)16-45(29,15-25)23-46/h1-8,11-14,25-28H,9-10,15-24H2. The Morgan fingerprint density at radius 1 is 0.344 bits per heavy atom. The van der Waals surface area contributed by atoms with Gasteiger partial charge in [0.05, 0.1) is 17.9 Å². The van der Waals surface area contributed by atoms with Crippen LogP contribution in [0.2, 0.25) is 0 Å². The summed E-state index contributed by atoms with van der Waals surface area (Å²) in [6, 6.07) is 26.0. The third-order valence-corrected chi connectivity index (χ3v) is 18.5. The first-order valence-electron chi connectivity index (χ1n) is 22.1. The Morgan fingerprint density at radius 2 is 0.562 bits per heavy atom. The summed E-state index contributed by atoms with van der Waals surface area (Å²) in [5, 5.41) is 34.0. The van der Waals surface area contributed by atoms with E-state index in [0.717, 1.165) is 30.7 Å². The predicted octanol–water partition coefficient (Wildman–Crippen LogP) is 13.0. The molecule has 0 saturated heterocycles. The van der Waals surface area contributed by atoms with Crippen molar-refractivity contribution in [1.82, 2.24) is 40.8 Å². The van der Waals surface area contributed by atoms with E-state index in [1.807, 2.05) is 24.3 Å². The molecule has 20 bridgehead atoms. The minimum atomic E-state index is 0.0418. The highest BCUT2D eigenvalue weighted by Crippen LogP contribution is 2.68. The minimum absolute atomic E-state index is 0.0418. The fourth-order valence-corrected chi connectivity index (χ4v) is 16.3. The average molecular weight is 1110 g/mol. The van der Waals surface area contributed by atoms with Gasteiger partial charge in [-0.3, -0.25) is 0 Å². The number of rotatable bonds is 0. The van der Waals surface area contributed by atoms with Gasteiger partial charge < -0.3 is 18.9 Å². The van der Waals surface area contributed by atoms with E-state index in [0.29, 0.717) is 46.7 Å². The molecule has 0 atom stereocenters. The summed E-state index contributed by atoms with van der Waals surface area (Å²) < 4.78 is 28.0. The molecule has 64 heavy (non-hydrogen) atoms. The molecule has 4 spiro atoms. The van der Waals surface area contributed by atoms with Crippen LogP contribution in [0.5, 0.6) is 47.0 Å². The van der Waals surface area contributed by atoms with Crippen LogP contribution in [0.15, 0.2) is 90.7 Å². The summed E-state index contributed by atoms with van der Waals surface area (Å²) >= 11 is 15.3. The fourth-order valence-electron chi connectivity index (χ4n) is 14.5. The highest BCUT2D eigenvalue weighted by molar-refractivity contribution is 9.11. The molecule has 0 N–H and O–H groups in total. The van der Waals surface area contributed by atoms with Crippen LogP contribution in [0.4, 0.5) is 0 Å². The molecule has 0 amide bonds. The van der Waals surface area contributed by atoms with Crippen molar-refractivity contribution < 1.29 is 18.9 Å². The zero-order chi connectivity index (χ0) is 43.0. The van der Waals surface area contributed by atoms with Gasteiger partial charge in [0.2, 0.25) is 0 Å².